The third kappa shape index (κ3) is 4.31. The van der Waals surface area contributed by atoms with Crippen molar-refractivity contribution in [3.63, 3.8) is 0 Å². The zero-order valence-electron chi connectivity index (χ0n) is 14.8. The van der Waals surface area contributed by atoms with Crippen LogP contribution in [-0.4, -0.2) is 35.1 Å². The number of carbonyl (C=O) groups excluding carboxylic acids is 1. The van der Waals surface area contributed by atoms with Gasteiger partial charge in [-0.05, 0) is 29.8 Å². The highest BCUT2D eigenvalue weighted by Gasteiger charge is 2.27. The molecule has 3 aromatic rings. The molecule has 0 radical (unpaired) electrons. The van der Waals surface area contributed by atoms with Crippen molar-refractivity contribution in [1.82, 2.24) is 15.2 Å². The van der Waals surface area contributed by atoms with Gasteiger partial charge in [0.25, 0.3) is 0 Å². The van der Waals surface area contributed by atoms with Crippen LogP contribution in [0.2, 0.25) is 5.02 Å². The maximum Gasteiger partial charge on any atom is 0.317 e. The van der Waals surface area contributed by atoms with E-state index in [9.17, 15) is 4.79 Å². The number of fused-ring (bicyclic) bond motifs is 1. The molecular formula is C21H20ClN3O2. The molecule has 27 heavy (non-hydrogen) atoms. The van der Waals surface area contributed by atoms with Crippen LogP contribution in [0.25, 0.3) is 10.9 Å². The SMILES string of the molecule is O=C(NCc1ccc(Cl)cc1)N1CC[C@@H](Oc2ccc3ccccc3n2)C1. The Morgan fingerprint density at radius 1 is 1.15 bits per heavy atom. The molecule has 1 saturated heterocycles. The topological polar surface area (TPSA) is 54.5 Å². The van der Waals surface area contributed by atoms with Gasteiger partial charge in [0.05, 0.1) is 12.1 Å². The predicted octanol–water partition coefficient (Wildman–Crippen LogP) is 4.25. The van der Waals surface area contributed by atoms with Gasteiger partial charge in [-0.15, -0.1) is 0 Å². The number of hydrogen-bond donors (Lipinski definition) is 1. The summed E-state index contributed by atoms with van der Waals surface area (Å²) in [4.78, 5) is 18.7. The molecule has 1 aliphatic heterocycles. The van der Waals surface area contributed by atoms with Crippen LogP contribution in [0.15, 0.2) is 60.7 Å². The van der Waals surface area contributed by atoms with Gasteiger partial charge in [0.2, 0.25) is 5.88 Å². The number of benzene rings is 2. The quantitative estimate of drug-likeness (QED) is 0.735. The highest BCUT2D eigenvalue weighted by Crippen LogP contribution is 2.20. The first-order valence-corrected chi connectivity index (χ1v) is 9.35. The highest BCUT2D eigenvalue weighted by atomic mass is 35.5. The number of ether oxygens (including phenoxy) is 1. The number of halogens is 1. The summed E-state index contributed by atoms with van der Waals surface area (Å²) >= 11 is 5.88. The van der Waals surface area contributed by atoms with Gasteiger partial charge in [-0.1, -0.05) is 41.9 Å². The van der Waals surface area contributed by atoms with Gasteiger partial charge in [0, 0.05) is 36.0 Å². The summed E-state index contributed by atoms with van der Waals surface area (Å²) < 4.78 is 5.99. The third-order valence-electron chi connectivity index (χ3n) is 4.65. The molecule has 1 atom stereocenters. The molecule has 2 aromatic carbocycles. The van der Waals surface area contributed by atoms with Crippen LogP contribution in [0, 0.1) is 0 Å². The molecule has 0 aliphatic carbocycles. The molecular weight excluding hydrogens is 362 g/mol. The van der Waals surface area contributed by atoms with Crippen LogP contribution in [0.5, 0.6) is 5.88 Å². The first-order valence-electron chi connectivity index (χ1n) is 8.97. The molecule has 5 nitrogen and oxygen atoms in total. The molecule has 6 heteroatoms. The Bertz CT molecular complexity index is 946. The molecule has 1 aromatic heterocycles. The van der Waals surface area contributed by atoms with Gasteiger partial charge in [0.15, 0.2) is 0 Å². The van der Waals surface area contributed by atoms with E-state index in [1.807, 2.05) is 60.7 Å². The lowest BCUT2D eigenvalue weighted by molar-refractivity contribution is 0.183. The molecule has 2 amide bonds. The lowest BCUT2D eigenvalue weighted by Gasteiger charge is -2.18. The maximum absolute atomic E-state index is 12.4. The van der Waals surface area contributed by atoms with Gasteiger partial charge in [-0.25, -0.2) is 9.78 Å². The first-order chi connectivity index (χ1) is 13.2. The monoisotopic (exact) mass is 381 g/mol. The van der Waals surface area contributed by atoms with Gasteiger partial charge in [0.1, 0.15) is 6.10 Å². The lowest BCUT2D eigenvalue weighted by atomic mass is 10.2. The Morgan fingerprint density at radius 3 is 2.81 bits per heavy atom. The van der Waals surface area contributed by atoms with Gasteiger partial charge in [-0.3, -0.25) is 0 Å². The molecule has 1 fully saturated rings. The van der Waals surface area contributed by atoms with Crippen molar-refractivity contribution in [3.05, 3.63) is 71.2 Å². The molecule has 0 saturated carbocycles. The number of nitrogens with one attached hydrogen (secondary N) is 1. The molecule has 1 aliphatic rings. The number of para-hydroxylation sites is 1. The fourth-order valence-corrected chi connectivity index (χ4v) is 3.31. The number of hydrogen-bond acceptors (Lipinski definition) is 3. The Kier molecular flexibility index (Phi) is 5.12. The van der Waals surface area contributed by atoms with Gasteiger partial charge >= 0.3 is 6.03 Å². The van der Waals surface area contributed by atoms with E-state index in [0.29, 0.717) is 30.5 Å². The molecule has 0 unspecified atom stereocenters. The second kappa shape index (κ2) is 7.84. The van der Waals surface area contributed by atoms with Crippen molar-refractivity contribution in [3.8, 4) is 5.88 Å². The van der Waals surface area contributed by atoms with E-state index in [1.165, 1.54) is 0 Å². The fraction of sp³-hybridized carbons (Fsp3) is 0.238. The van der Waals surface area contributed by atoms with E-state index in [4.69, 9.17) is 16.3 Å². The van der Waals surface area contributed by atoms with E-state index in [1.54, 1.807) is 4.90 Å². The summed E-state index contributed by atoms with van der Waals surface area (Å²) in [5.41, 5.74) is 1.92. The number of amides is 2. The number of rotatable bonds is 4. The van der Waals surface area contributed by atoms with Crippen LogP contribution in [0.1, 0.15) is 12.0 Å². The normalized spacial score (nSPS) is 16.5. The van der Waals surface area contributed by atoms with Gasteiger partial charge < -0.3 is 15.0 Å². The predicted molar refractivity (Wildman–Crippen MR) is 106 cm³/mol. The number of aromatic nitrogens is 1. The van der Waals surface area contributed by atoms with Crippen molar-refractivity contribution >= 4 is 28.5 Å². The lowest BCUT2D eigenvalue weighted by Crippen LogP contribution is -2.39. The number of urea groups is 1. The zero-order chi connectivity index (χ0) is 18.6. The first kappa shape index (κ1) is 17.6. The minimum Gasteiger partial charge on any atom is -0.472 e. The molecule has 138 valence electrons. The second-order valence-corrected chi connectivity index (χ2v) is 7.04. The molecule has 0 spiro atoms. The number of likely N-dealkylation sites (tertiary alicyclic amines) is 1. The number of nitrogens with zero attached hydrogens (tertiary/aromatic N) is 2. The average Bonchev–Trinajstić information content (AvgIpc) is 3.16. The summed E-state index contributed by atoms with van der Waals surface area (Å²) in [5.74, 6) is 0.599. The van der Waals surface area contributed by atoms with E-state index in [-0.39, 0.29) is 12.1 Å². The zero-order valence-corrected chi connectivity index (χ0v) is 15.5. The molecule has 0 bridgehead atoms. The van der Waals surface area contributed by atoms with Crippen LogP contribution in [0.4, 0.5) is 4.79 Å². The van der Waals surface area contributed by atoms with Crippen LogP contribution >= 0.6 is 11.6 Å². The number of carbonyl (C=O) groups is 1. The Balaban J connectivity index is 1.31. The molecule has 2 heterocycles. The highest BCUT2D eigenvalue weighted by molar-refractivity contribution is 6.30. The summed E-state index contributed by atoms with van der Waals surface area (Å²) in [5, 5.41) is 4.71. The average molecular weight is 382 g/mol. The maximum atomic E-state index is 12.4. The van der Waals surface area contributed by atoms with E-state index < -0.39 is 0 Å². The van der Waals surface area contributed by atoms with E-state index >= 15 is 0 Å². The molecule has 4 rings (SSSR count). The Hall–Kier alpha value is -2.79. The second-order valence-electron chi connectivity index (χ2n) is 6.60. The minimum absolute atomic E-state index is 0.0417. The van der Waals surface area contributed by atoms with Crippen LogP contribution in [-0.2, 0) is 6.54 Å². The third-order valence-corrected chi connectivity index (χ3v) is 4.90. The van der Waals surface area contributed by atoms with E-state index in [2.05, 4.69) is 10.3 Å². The van der Waals surface area contributed by atoms with Crippen molar-refractivity contribution in [2.24, 2.45) is 0 Å². The number of pyridine rings is 1. The smallest absolute Gasteiger partial charge is 0.317 e. The van der Waals surface area contributed by atoms with Crippen molar-refractivity contribution < 1.29 is 9.53 Å². The van der Waals surface area contributed by atoms with Crippen molar-refractivity contribution in [2.45, 2.75) is 19.1 Å². The van der Waals surface area contributed by atoms with Crippen molar-refractivity contribution in [1.29, 1.82) is 0 Å². The Morgan fingerprint density at radius 2 is 1.96 bits per heavy atom. The minimum atomic E-state index is -0.0810. The summed E-state index contributed by atoms with van der Waals surface area (Å²) in [6.45, 7) is 1.70. The Labute approximate surface area is 162 Å². The summed E-state index contributed by atoms with van der Waals surface area (Å²) in [6.07, 6.45) is 0.753. The molecule has 1 N–H and O–H groups in total. The van der Waals surface area contributed by atoms with Crippen molar-refractivity contribution in [2.75, 3.05) is 13.1 Å². The van der Waals surface area contributed by atoms with E-state index in [0.717, 1.165) is 22.9 Å². The standard InChI is InChI=1S/C21H20ClN3O2/c22-17-8-5-15(6-9-17)13-23-21(26)25-12-11-18(14-25)27-20-10-7-16-3-1-2-4-19(16)24-20/h1-10,18H,11-14H2,(H,23,26)/t18-/m1/s1. The largest absolute Gasteiger partial charge is 0.472 e. The summed E-state index contributed by atoms with van der Waals surface area (Å²) in [6, 6.07) is 19.2. The van der Waals surface area contributed by atoms with Crippen LogP contribution in [0.3, 0.4) is 0 Å². The fourth-order valence-electron chi connectivity index (χ4n) is 3.18. The summed E-state index contributed by atoms with van der Waals surface area (Å²) in [7, 11) is 0. The van der Waals surface area contributed by atoms with Gasteiger partial charge in [-0.2, -0.15) is 0 Å². The van der Waals surface area contributed by atoms with Crippen LogP contribution < -0.4 is 10.1 Å².